The molecular weight excluding hydrogens is 483 g/mol. The summed E-state index contributed by atoms with van der Waals surface area (Å²) in [4.78, 5) is 19.8. The van der Waals surface area contributed by atoms with Crippen LogP contribution in [-0.4, -0.2) is 28.0 Å². The van der Waals surface area contributed by atoms with E-state index in [4.69, 9.17) is 32.7 Å². The predicted octanol–water partition coefficient (Wildman–Crippen LogP) is 7.06. The lowest BCUT2D eigenvalue weighted by molar-refractivity contribution is -0.118. The Morgan fingerprint density at radius 3 is 2.23 bits per heavy atom. The summed E-state index contributed by atoms with van der Waals surface area (Å²) in [6, 6.07) is 22.4. The number of ketones is 1. The molecule has 4 aromatic rings. The van der Waals surface area contributed by atoms with Crippen LogP contribution in [0.15, 0.2) is 94.2 Å². The molecule has 176 valence electrons. The highest BCUT2D eigenvalue weighted by atomic mass is 35.5. The normalized spacial score (nSPS) is 15.7. The highest BCUT2D eigenvalue weighted by Crippen LogP contribution is 2.38. The average Bonchev–Trinajstić information content (AvgIpc) is 3.28. The van der Waals surface area contributed by atoms with E-state index in [0.717, 1.165) is 11.4 Å². The van der Waals surface area contributed by atoms with Gasteiger partial charge in [-0.3, -0.25) is 9.80 Å². The van der Waals surface area contributed by atoms with Crippen molar-refractivity contribution < 1.29 is 9.21 Å². The maximum Gasteiger partial charge on any atom is 0.244 e. The third kappa shape index (κ3) is 4.55. The standard InChI is InChI=1S/C27H22Cl2N4O2/c1-3-32-16-23(33(20-10-6-8-18(28)14-20)21-11-7-9-19(29)15-21)25(17(2)34)26(31-32)27-30-22-12-4-5-13-24(22)35-27/h4-16,25H,3H2,1-2H3. The summed E-state index contributed by atoms with van der Waals surface area (Å²) < 4.78 is 6.05. The molecule has 3 aromatic carbocycles. The fourth-order valence-electron chi connectivity index (χ4n) is 4.17. The van der Waals surface area contributed by atoms with Gasteiger partial charge in [-0.25, -0.2) is 4.98 Å². The number of allylic oxidation sites excluding steroid dienone is 1. The van der Waals surface area contributed by atoms with Crippen LogP contribution in [0.3, 0.4) is 0 Å². The van der Waals surface area contributed by atoms with Crippen LogP contribution >= 0.6 is 23.2 Å². The van der Waals surface area contributed by atoms with Gasteiger partial charge in [0.25, 0.3) is 0 Å². The number of para-hydroxylation sites is 2. The Hall–Kier alpha value is -3.61. The number of oxazole rings is 1. The van der Waals surface area contributed by atoms with Crippen molar-refractivity contribution in [1.29, 1.82) is 0 Å². The highest BCUT2D eigenvalue weighted by Gasteiger charge is 2.37. The Labute approximate surface area is 213 Å². The minimum Gasteiger partial charge on any atom is -0.435 e. The number of halogens is 2. The molecule has 0 fully saturated rings. The van der Waals surface area contributed by atoms with E-state index in [-0.39, 0.29) is 5.78 Å². The van der Waals surface area contributed by atoms with E-state index in [1.165, 1.54) is 0 Å². The van der Waals surface area contributed by atoms with Crippen molar-refractivity contribution in [2.24, 2.45) is 11.0 Å². The van der Waals surface area contributed by atoms with Crippen LogP contribution in [-0.2, 0) is 4.79 Å². The van der Waals surface area contributed by atoms with Gasteiger partial charge in [0.05, 0.1) is 5.70 Å². The summed E-state index contributed by atoms with van der Waals surface area (Å²) in [7, 11) is 0. The zero-order valence-electron chi connectivity index (χ0n) is 19.2. The lowest BCUT2D eigenvalue weighted by Gasteiger charge is -2.35. The van der Waals surface area contributed by atoms with Crippen molar-refractivity contribution in [3.63, 3.8) is 0 Å². The lowest BCUT2D eigenvalue weighted by atomic mass is 9.92. The number of aromatic nitrogens is 1. The van der Waals surface area contributed by atoms with Gasteiger partial charge < -0.3 is 9.32 Å². The maximum absolute atomic E-state index is 13.2. The van der Waals surface area contributed by atoms with Gasteiger partial charge in [-0.1, -0.05) is 47.5 Å². The molecule has 1 aromatic heterocycles. The third-order valence-electron chi connectivity index (χ3n) is 5.72. The first-order valence-corrected chi connectivity index (χ1v) is 11.9. The molecule has 6 nitrogen and oxygen atoms in total. The zero-order valence-corrected chi connectivity index (χ0v) is 20.7. The summed E-state index contributed by atoms with van der Waals surface area (Å²) in [5.74, 6) is -0.515. The summed E-state index contributed by atoms with van der Waals surface area (Å²) in [6.07, 6.45) is 1.88. The Balaban J connectivity index is 1.71. The monoisotopic (exact) mass is 504 g/mol. The number of Topliss-reactive ketones (excluding diaryl/α,β-unsaturated/α-hetero) is 1. The van der Waals surface area contributed by atoms with Crippen molar-refractivity contribution in [3.8, 4) is 0 Å². The molecule has 1 aliphatic rings. The molecule has 1 unspecified atom stereocenters. The first-order chi connectivity index (χ1) is 16.9. The van der Waals surface area contributed by atoms with Crippen molar-refractivity contribution in [2.45, 2.75) is 13.8 Å². The Morgan fingerprint density at radius 1 is 1.00 bits per heavy atom. The summed E-state index contributed by atoms with van der Waals surface area (Å²) >= 11 is 12.7. The maximum atomic E-state index is 13.2. The molecule has 2 heterocycles. The van der Waals surface area contributed by atoms with Crippen LogP contribution in [0.1, 0.15) is 19.7 Å². The Kier molecular flexibility index (Phi) is 6.32. The van der Waals surface area contributed by atoms with Gasteiger partial charge in [0.15, 0.2) is 5.58 Å². The van der Waals surface area contributed by atoms with Crippen LogP contribution in [0.2, 0.25) is 10.0 Å². The second-order valence-electron chi connectivity index (χ2n) is 8.12. The number of fused-ring (bicyclic) bond motifs is 1. The quantitative estimate of drug-likeness (QED) is 0.281. The van der Waals surface area contributed by atoms with Gasteiger partial charge in [-0.05, 0) is 62.4 Å². The molecule has 0 saturated heterocycles. The molecule has 1 atom stereocenters. The van der Waals surface area contributed by atoms with Gasteiger partial charge >= 0.3 is 0 Å². The zero-order chi connectivity index (χ0) is 24.5. The number of anilines is 2. The minimum atomic E-state index is -0.733. The summed E-state index contributed by atoms with van der Waals surface area (Å²) in [5.41, 5.74) is 4.04. The first kappa shape index (κ1) is 23.1. The Bertz CT molecular complexity index is 1400. The van der Waals surface area contributed by atoms with Gasteiger partial charge in [-0.15, -0.1) is 0 Å². The smallest absolute Gasteiger partial charge is 0.244 e. The summed E-state index contributed by atoms with van der Waals surface area (Å²) in [5, 5.41) is 7.67. The third-order valence-corrected chi connectivity index (χ3v) is 6.19. The van der Waals surface area contributed by atoms with E-state index in [9.17, 15) is 4.79 Å². The summed E-state index contributed by atoms with van der Waals surface area (Å²) in [6.45, 7) is 4.11. The van der Waals surface area contributed by atoms with E-state index < -0.39 is 5.92 Å². The molecule has 5 rings (SSSR count). The fraction of sp³-hybridized carbons (Fsp3) is 0.148. The lowest BCUT2D eigenvalue weighted by Crippen LogP contribution is -2.38. The molecule has 1 aliphatic heterocycles. The molecule has 0 radical (unpaired) electrons. The van der Waals surface area contributed by atoms with E-state index in [0.29, 0.717) is 45.0 Å². The van der Waals surface area contributed by atoms with Crippen molar-refractivity contribution in [2.75, 3.05) is 11.4 Å². The van der Waals surface area contributed by atoms with E-state index in [2.05, 4.69) is 4.98 Å². The molecule has 0 bridgehead atoms. The van der Waals surface area contributed by atoms with Crippen molar-refractivity contribution in [1.82, 2.24) is 9.99 Å². The van der Waals surface area contributed by atoms with Crippen LogP contribution in [0.4, 0.5) is 11.4 Å². The largest absolute Gasteiger partial charge is 0.435 e. The molecule has 0 saturated carbocycles. The van der Waals surface area contributed by atoms with E-state index in [1.807, 2.05) is 90.8 Å². The van der Waals surface area contributed by atoms with Gasteiger partial charge in [0.1, 0.15) is 22.9 Å². The highest BCUT2D eigenvalue weighted by molar-refractivity contribution is 6.31. The fourth-order valence-corrected chi connectivity index (χ4v) is 4.54. The molecule has 0 amide bonds. The number of rotatable bonds is 6. The van der Waals surface area contributed by atoms with Crippen LogP contribution < -0.4 is 4.90 Å². The number of nitrogens with zero attached hydrogens (tertiary/aromatic N) is 4. The van der Waals surface area contributed by atoms with Crippen LogP contribution in [0, 0.1) is 5.92 Å². The topological polar surface area (TPSA) is 61.9 Å². The van der Waals surface area contributed by atoms with Crippen LogP contribution in [0.5, 0.6) is 0 Å². The SMILES string of the molecule is CCN1C=C(N(c2cccc(Cl)c2)c2cccc(Cl)c2)C(C(C)=O)C(c2nc3ccccc3o2)=N1. The predicted molar refractivity (Wildman–Crippen MR) is 140 cm³/mol. The second kappa shape index (κ2) is 9.56. The van der Waals surface area contributed by atoms with Crippen molar-refractivity contribution >= 4 is 57.2 Å². The first-order valence-electron chi connectivity index (χ1n) is 11.2. The number of hydrogen-bond acceptors (Lipinski definition) is 6. The number of carbonyl (C=O) groups is 1. The molecule has 8 heteroatoms. The molecule has 0 N–H and O–H groups in total. The average molecular weight is 505 g/mol. The van der Waals surface area contributed by atoms with Crippen molar-refractivity contribution in [3.05, 3.63) is 101 Å². The van der Waals surface area contributed by atoms with Gasteiger partial charge in [0, 0.05) is 34.2 Å². The molecule has 0 aliphatic carbocycles. The number of hydrazone groups is 1. The van der Waals surface area contributed by atoms with E-state index in [1.54, 1.807) is 11.9 Å². The minimum absolute atomic E-state index is 0.0953. The molecule has 35 heavy (non-hydrogen) atoms. The number of benzene rings is 3. The van der Waals surface area contributed by atoms with E-state index >= 15 is 0 Å². The molecular formula is C27H22Cl2N4O2. The van der Waals surface area contributed by atoms with Gasteiger partial charge in [0.2, 0.25) is 5.89 Å². The van der Waals surface area contributed by atoms with Crippen LogP contribution in [0.25, 0.3) is 11.1 Å². The number of carbonyl (C=O) groups excluding carboxylic acids is 1. The second-order valence-corrected chi connectivity index (χ2v) is 8.99. The number of hydrogen-bond donors (Lipinski definition) is 0. The van der Waals surface area contributed by atoms with Gasteiger partial charge in [-0.2, -0.15) is 5.10 Å². The molecule has 0 spiro atoms. The Morgan fingerprint density at radius 2 is 1.66 bits per heavy atom.